The van der Waals surface area contributed by atoms with Crippen LogP contribution < -0.4 is 4.89 Å². The number of aliphatic carboxylic acids is 1. The SMILES string of the molecule is Cc1c(F)cccc1S(=O)(=O)NOC(C)(C)C(=O)O. The van der Waals surface area contributed by atoms with Crippen molar-refractivity contribution in [3.63, 3.8) is 0 Å². The lowest BCUT2D eigenvalue weighted by atomic mass is 10.1. The number of carboxylic acid groups (broad SMARTS) is 1. The van der Waals surface area contributed by atoms with Crippen molar-refractivity contribution in [1.82, 2.24) is 4.89 Å². The van der Waals surface area contributed by atoms with E-state index in [2.05, 4.69) is 4.84 Å². The van der Waals surface area contributed by atoms with Crippen LogP contribution >= 0.6 is 0 Å². The number of rotatable bonds is 5. The van der Waals surface area contributed by atoms with E-state index in [-0.39, 0.29) is 10.5 Å². The molecule has 0 aromatic heterocycles. The standard InChI is InChI=1S/C11H14FNO5S/c1-7-8(12)5-4-6-9(7)19(16,17)13-18-11(2,3)10(14)15/h4-6,13H,1-3H3,(H,14,15). The van der Waals surface area contributed by atoms with Crippen molar-refractivity contribution in [3.8, 4) is 0 Å². The van der Waals surface area contributed by atoms with Crippen molar-refractivity contribution in [2.45, 2.75) is 31.3 Å². The molecule has 0 aliphatic rings. The summed E-state index contributed by atoms with van der Waals surface area (Å²) in [7, 11) is -4.16. The van der Waals surface area contributed by atoms with Crippen LogP contribution in [0, 0.1) is 12.7 Å². The van der Waals surface area contributed by atoms with Gasteiger partial charge in [-0.25, -0.2) is 17.6 Å². The Morgan fingerprint density at radius 1 is 1.42 bits per heavy atom. The molecule has 0 saturated heterocycles. The van der Waals surface area contributed by atoms with Gasteiger partial charge in [0.15, 0.2) is 5.60 Å². The molecule has 0 atom stereocenters. The van der Waals surface area contributed by atoms with Crippen molar-refractivity contribution >= 4 is 16.0 Å². The zero-order valence-electron chi connectivity index (χ0n) is 10.6. The van der Waals surface area contributed by atoms with Crippen LogP contribution in [0.5, 0.6) is 0 Å². The molecule has 2 N–H and O–H groups in total. The molecule has 19 heavy (non-hydrogen) atoms. The van der Waals surface area contributed by atoms with E-state index < -0.39 is 27.4 Å². The lowest BCUT2D eigenvalue weighted by molar-refractivity contribution is -0.165. The third-order valence-electron chi connectivity index (χ3n) is 2.43. The molecule has 0 amide bonds. The van der Waals surface area contributed by atoms with Crippen LogP contribution in [0.2, 0.25) is 0 Å². The van der Waals surface area contributed by atoms with Crippen molar-refractivity contribution in [1.29, 1.82) is 0 Å². The molecule has 1 aromatic rings. The summed E-state index contributed by atoms with van der Waals surface area (Å²) in [6.07, 6.45) is 0. The van der Waals surface area contributed by atoms with Crippen molar-refractivity contribution in [2.75, 3.05) is 0 Å². The van der Waals surface area contributed by atoms with Crippen LogP contribution in [0.4, 0.5) is 4.39 Å². The maximum Gasteiger partial charge on any atom is 0.337 e. The van der Waals surface area contributed by atoms with E-state index in [0.717, 1.165) is 6.07 Å². The molecule has 0 fully saturated rings. The van der Waals surface area contributed by atoms with Crippen LogP contribution in [-0.4, -0.2) is 25.1 Å². The maximum absolute atomic E-state index is 13.3. The van der Waals surface area contributed by atoms with E-state index in [0.29, 0.717) is 0 Å². The second-order valence-electron chi connectivity index (χ2n) is 4.37. The summed E-state index contributed by atoms with van der Waals surface area (Å²) >= 11 is 0. The van der Waals surface area contributed by atoms with E-state index in [1.54, 1.807) is 4.89 Å². The zero-order valence-corrected chi connectivity index (χ0v) is 11.4. The molecule has 1 aromatic carbocycles. The quantitative estimate of drug-likeness (QED) is 0.795. The largest absolute Gasteiger partial charge is 0.479 e. The average Bonchev–Trinajstić information content (AvgIpc) is 2.30. The second kappa shape index (κ2) is 5.24. The van der Waals surface area contributed by atoms with Gasteiger partial charge in [0.05, 0.1) is 4.90 Å². The normalized spacial score (nSPS) is 12.4. The third kappa shape index (κ3) is 3.49. The molecule has 0 bridgehead atoms. The van der Waals surface area contributed by atoms with Crippen LogP contribution in [0.3, 0.4) is 0 Å². The Morgan fingerprint density at radius 2 is 2.00 bits per heavy atom. The Bertz CT molecular complexity index is 597. The first-order chi connectivity index (χ1) is 8.58. The van der Waals surface area contributed by atoms with Gasteiger partial charge in [-0.05, 0) is 32.9 Å². The summed E-state index contributed by atoms with van der Waals surface area (Å²) in [5, 5.41) is 8.79. The Balaban J connectivity index is 3.01. The van der Waals surface area contributed by atoms with Gasteiger partial charge in [-0.2, -0.15) is 0 Å². The topological polar surface area (TPSA) is 92.7 Å². The summed E-state index contributed by atoms with van der Waals surface area (Å²) in [4.78, 5) is 16.8. The number of sulfonamides is 1. The Kier molecular flexibility index (Phi) is 4.28. The highest BCUT2D eigenvalue weighted by molar-refractivity contribution is 7.89. The molecule has 6 nitrogen and oxygen atoms in total. The van der Waals surface area contributed by atoms with E-state index in [1.165, 1.54) is 32.9 Å². The third-order valence-corrected chi connectivity index (χ3v) is 3.75. The molecule has 0 heterocycles. The summed E-state index contributed by atoms with van der Waals surface area (Å²) in [5.41, 5.74) is -1.82. The van der Waals surface area contributed by atoms with Crippen LogP contribution in [0.15, 0.2) is 23.1 Å². The lowest BCUT2D eigenvalue weighted by Crippen LogP contribution is -2.42. The highest BCUT2D eigenvalue weighted by atomic mass is 32.2. The number of hydrogen-bond acceptors (Lipinski definition) is 4. The van der Waals surface area contributed by atoms with Gasteiger partial charge in [-0.3, -0.25) is 4.84 Å². The Labute approximate surface area is 110 Å². The van der Waals surface area contributed by atoms with Crippen LogP contribution in [-0.2, 0) is 19.7 Å². The molecule has 8 heteroatoms. The Hall–Kier alpha value is -1.51. The maximum atomic E-state index is 13.3. The first-order valence-corrected chi connectivity index (χ1v) is 6.74. The molecule has 0 saturated carbocycles. The second-order valence-corrected chi connectivity index (χ2v) is 5.98. The van der Waals surface area contributed by atoms with Gasteiger partial charge in [-0.1, -0.05) is 11.0 Å². The highest BCUT2D eigenvalue weighted by Gasteiger charge is 2.31. The molecule has 0 aliphatic carbocycles. The number of carbonyl (C=O) groups is 1. The van der Waals surface area contributed by atoms with Crippen molar-refractivity contribution in [3.05, 3.63) is 29.6 Å². The fraction of sp³-hybridized carbons (Fsp3) is 0.364. The van der Waals surface area contributed by atoms with Crippen LogP contribution in [0.1, 0.15) is 19.4 Å². The van der Waals surface area contributed by atoms with Gasteiger partial charge in [0, 0.05) is 5.56 Å². The minimum absolute atomic E-state index is 0.0771. The molecule has 0 radical (unpaired) electrons. The molecule has 0 spiro atoms. The monoisotopic (exact) mass is 291 g/mol. The number of carboxylic acids is 1. The van der Waals surface area contributed by atoms with E-state index in [1.807, 2.05) is 0 Å². The lowest BCUT2D eigenvalue weighted by Gasteiger charge is -2.20. The smallest absolute Gasteiger partial charge is 0.337 e. The Morgan fingerprint density at radius 3 is 2.53 bits per heavy atom. The predicted molar refractivity (Wildman–Crippen MR) is 64.3 cm³/mol. The van der Waals surface area contributed by atoms with E-state index in [4.69, 9.17) is 5.11 Å². The van der Waals surface area contributed by atoms with E-state index >= 15 is 0 Å². The summed E-state index contributed by atoms with van der Waals surface area (Å²) in [6.45, 7) is 3.65. The minimum atomic E-state index is -4.16. The molecule has 1 rings (SSSR count). The fourth-order valence-corrected chi connectivity index (χ4v) is 2.29. The minimum Gasteiger partial charge on any atom is -0.479 e. The number of halogens is 1. The fourth-order valence-electron chi connectivity index (χ4n) is 1.13. The van der Waals surface area contributed by atoms with Gasteiger partial charge in [0.25, 0.3) is 10.0 Å². The first-order valence-electron chi connectivity index (χ1n) is 5.26. The summed E-state index contributed by atoms with van der Waals surface area (Å²) < 4.78 is 37.0. The van der Waals surface area contributed by atoms with Gasteiger partial charge in [-0.15, -0.1) is 0 Å². The molecule has 0 unspecified atom stereocenters. The number of nitrogens with one attached hydrogen (secondary N) is 1. The highest BCUT2D eigenvalue weighted by Crippen LogP contribution is 2.18. The van der Waals surface area contributed by atoms with Gasteiger partial charge in [0.1, 0.15) is 5.82 Å². The zero-order chi connectivity index (χ0) is 14.8. The van der Waals surface area contributed by atoms with E-state index in [9.17, 15) is 17.6 Å². The van der Waals surface area contributed by atoms with Gasteiger partial charge in [0.2, 0.25) is 0 Å². The average molecular weight is 291 g/mol. The van der Waals surface area contributed by atoms with Gasteiger partial charge < -0.3 is 5.11 Å². The summed E-state index contributed by atoms with van der Waals surface area (Å²) in [5.74, 6) is -2.02. The number of benzene rings is 1. The molecule has 106 valence electrons. The van der Waals surface area contributed by atoms with Crippen molar-refractivity contribution in [2.24, 2.45) is 0 Å². The molecular weight excluding hydrogens is 277 g/mol. The predicted octanol–water partition coefficient (Wildman–Crippen LogP) is 1.21. The first kappa shape index (κ1) is 15.5. The summed E-state index contributed by atoms with van der Waals surface area (Å²) in [6, 6.07) is 3.55. The molecular formula is C11H14FNO5S. The van der Waals surface area contributed by atoms with Crippen molar-refractivity contribution < 1.29 is 27.5 Å². The van der Waals surface area contributed by atoms with Gasteiger partial charge >= 0.3 is 5.97 Å². The number of hydrogen-bond donors (Lipinski definition) is 2. The van der Waals surface area contributed by atoms with Crippen LogP contribution in [0.25, 0.3) is 0 Å². The molecule has 0 aliphatic heterocycles.